The number of unbranched alkanes of at least 4 members (excludes halogenated alkanes) is 11. The second-order valence-corrected chi connectivity index (χ2v) is 6.96. The minimum Gasteiger partial charge on any atom is -0.478 e. The van der Waals surface area contributed by atoms with Crippen molar-refractivity contribution in [3.63, 3.8) is 0 Å². The third-order valence-electron chi connectivity index (χ3n) is 3.72. The lowest BCUT2D eigenvalue weighted by Gasteiger charge is -2.03. The normalized spacial score (nSPS) is 10.7. The quantitative estimate of drug-likeness (QED) is 0.278. The first kappa shape index (κ1) is 20.6. The van der Waals surface area contributed by atoms with Crippen LogP contribution in [-0.2, 0) is 4.79 Å². The first-order chi connectivity index (χ1) is 10.2. The number of carbonyl (C=O) groups is 1. The standard InChI is InChI=1S/C18H34O2S/c1-3-4-5-6-7-8-9-10-11-12-13-14-15-21-16-17(2)18(19)20/h2-16H2,1H3,(H,19,20). The second kappa shape index (κ2) is 15.9. The van der Waals surface area contributed by atoms with Gasteiger partial charge in [-0.1, -0.05) is 84.1 Å². The summed E-state index contributed by atoms with van der Waals surface area (Å²) in [5, 5.41) is 8.67. The van der Waals surface area contributed by atoms with E-state index in [1.165, 1.54) is 77.0 Å². The lowest BCUT2D eigenvalue weighted by molar-refractivity contribution is -0.132. The number of aliphatic carboxylic acids is 1. The molecule has 0 saturated carbocycles. The summed E-state index contributed by atoms with van der Waals surface area (Å²) in [6.07, 6.45) is 16.4. The zero-order chi connectivity index (χ0) is 15.8. The molecule has 0 saturated heterocycles. The first-order valence-corrected chi connectivity index (χ1v) is 9.82. The maximum absolute atomic E-state index is 10.6. The van der Waals surface area contributed by atoms with Crippen LogP contribution in [0.5, 0.6) is 0 Å². The van der Waals surface area contributed by atoms with Crippen LogP contribution in [0.3, 0.4) is 0 Å². The number of hydrogen-bond donors (Lipinski definition) is 1. The third-order valence-corrected chi connectivity index (χ3v) is 4.85. The van der Waals surface area contributed by atoms with E-state index in [1.54, 1.807) is 11.8 Å². The molecule has 0 atom stereocenters. The average molecular weight is 315 g/mol. The fourth-order valence-electron chi connectivity index (χ4n) is 2.30. The Bertz CT molecular complexity index is 264. The summed E-state index contributed by atoms with van der Waals surface area (Å²) >= 11 is 1.69. The van der Waals surface area contributed by atoms with Crippen LogP contribution in [0.2, 0.25) is 0 Å². The second-order valence-electron chi connectivity index (χ2n) is 5.85. The fraction of sp³-hybridized carbons (Fsp3) is 0.833. The largest absolute Gasteiger partial charge is 0.478 e. The molecule has 1 N–H and O–H groups in total. The Labute approximate surface area is 135 Å². The molecule has 0 aromatic carbocycles. The molecule has 0 radical (unpaired) electrons. The maximum atomic E-state index is 10.6. The van der Waals surface area contributed by atoms with Crippen molar-refractivity contribution in [3.05, 3.63) is 12.2 Å². The van der Waals surface area contributed by atoms with Crippen LogP contribution in [0.1, 0.15) is 84.0 Å². The van der Waals surface area contributed by atoms with Gasteiger partial charge in [-0.05, 0) is 12.2 Å². The number of carboxylic acid groups (broad SMARTS) is 1. The molecule has 0 amide bonds. The van der Waals surface area contributed by atoms with Gasteiger partial charge in [0.15, 0.2) is 0 Å². The van der Waals surface area contributed by atoms with E-state index in [0.717, 1.165) is 5.75 Å². The van der Waals surface area contributed by atoms with Crippen LogP contribution in [0.4, 0.5) is 0 Å². The predicted molar refractivity (Wildman–Crippen MR) is 95.2 cm³/mol. The summed E-state index contributed by atoms with van der Waals surface area (Å²) in [4.78, 5) is 10.6. The molecular formula is C18H34O2S. The van der Waals surface area contributed by atoms with E-state index in [9.17, 15) is 4.79 Å². The summed E-state index contributed by atoms with van der Waals surface area (Å²) < 4.78 is 0. The Balaban J connectivity index is 3.06. The van der Waals surface area contributed by atoms with Crippen LogP contribution in [-0.4, -0.2) is 22.6 Å². The van der Waals surface area contributed by atoms with Gasteiger partial charge in [-0.2, -0.15) is 11.8 Å². The number of hydrogen-bond acceptors (Lipinski definition) is 2. The van der Waals surface area contributed by atoms with E-state index in [1.807, 2.05) is 0 Å². The zero-order valence-electron chi connectivity index (χ0n) is 13.9. The smallest absolute Gasteiger partial charge is 0.331 e. The highest BCUT2D eigenvalue weighted by Gasteiger charge is 2.02. The third kappa shape index (κ3) is 15.8. The molecule has 0 fully saturated rings. The van der Waals surface area contributed by atoms with Crippen molar-refractivity contribution in [3.8, 4) is 0 Å². The molecule has 0 bridgehead atoms. The molecule has 2 nitrogen and oxygen atoms in total. The van der Waals surface area contributed by atoms with Crippen molar-refractivity contribution in [2.24, 2.45) is 0 Å². The topological polar surface area (TPSA) is 37.3 Å². The summed E-state index contributed by atoms with van der Waals surface area (Å²) in [5.74, 6) is 0.758. The Kier molecular flexibility index (Phi) is 15.6. The van der Waals surface area contributed by atoms with E-state index >= 15 is 0 Å². The van der Waals surface area contributed by atoms with Crippen LogP contribution < -0.4 is 0 Å². The van der Waals surface area contributed by atoms with Crippen molar-refractivity contribution in [1.29, 1.82) is 0 Å². The van der Waals surface area contributed by atoms with E-state index in [-0.39, 0.29) is 0 Å². The van der Waals surface area contributed by atoms with Crippen molar-refractivity contribution >= 4 is 17.7 Å². The Morgan fingerprint density at radius 3 is 1.71 bits per heavy atom. The van der Waals surface area contributed by atoms with Gasteiger partial charge in [-0.25, -0.2) is 4.79 Å². The Morgan fingerprint density at radius 1 is 0.857 bits per heavy atom. The Hall–Kier alpha value is -0.440. The summed E-state index contributed by atoms with van der Waals surface area (Å²) in [6, 6.07) is 0. The van der Waals surface area contributed by atoms with Crippen LogP contribution in [0, 0.1) is 0 Å². The Morgan fingerprint density at radius 2 is 1.29 bits per heavy atom. The monoisotopic (exact) mass is 314 g/mol. The molecule has 0 rings (SSSR count). The SMILES string of the molecule is C=C(CSCCCCCCCCCCCCCC)C(=O)O. The summed E-state index contributed by atoms with van der Waals surface area (Å²) in [7, 11) is 0. The molecule has 3 heteroatoms. The lowest BCUT2D eigenvalue weighted by atomic mass is 10.1. The van der Waals surface area contributed by atoms with Crippen LogP contribution in [0.25, 0.3) is 0 Å². The van der Waals surface area contributed by atoms with Crippen LogP contribution in [0.15, 0.2) is 12.2 Å². The van der Waals surface area contributed by atoms with Gasteiger partial charge in [0.1, 0.15) is 0 Å². The number of rotatable bonds is 16. The van der Waals surface area contributed by atoms with E-state index in [0.29, 0.717) is 11.3 Å². The molecule has 0 aliphatic carbocycles. The van der Waals surface area contributed by atoms with Crippen LogP contribution >= 0.6 is 11.8 Å². The van der Waals surface area contributed by atoms with Crippen molar-refractivity contribution in [2.75, 3.05) is 11.5 Å². The fourth-order valence-corrected chi connectivity index (χ4v) is 3.22. The highest BCUT2D eigenvalue weighted by molar-refractivity contribution is 7.99. The molecule has 0 spiro atoms. The summed E-state index contributed by atoms with van der Waals surface area (Å²) in [6.45, 7) is 5.80. The average Bonchev–Trinajstić information content (AvgIpc) is 2.47. The van der Waals surface area contributed by atoms with Gasteiger partial charge in [0, 0.05) is 11.3 Å². The molecule has 124 valence electrons. The molecule has 0 aromatic rings. The van der Waals surface area contributed by atoms with Gasteiger partial charge < -0.3 is 5.11 Å². The molecule has 0 aliphatic rings. The van der Waals surface area contributed by atoms with Crippen molar-refractivity contribution in [2.45, 2.75) is 84.0 Å². The van der Waals surface area contributed by atoms with E-state index in [4.69, 9.17) is 5.11 Å². The molecule has 0 heterocycles. The van der Waals surface area contributed by atoms with E-state index < -0.39 is 5.97 Å². The number of carboxylic acids is 1. The minimum atomic E-state index is -0.864. The highest BCUT2D eigenvalue weighted by atomic mass is 32.2. The van der Waals surface area contributed by atoms with Gasteiger partial charge in [0.05, 0.1) is 0 Å². The molecule has 0 aliphatic heterocycles. The molecule has 21 heavy (non-hydrogen) atoms. The predicted octanol–water partition coefficient (Wildman–Crippen LogP) is 6.06. The molecule has 0 unspecified atom stereocenters. The van der Waals surface area contributed by atoms with Gasteiger partial charge in [0.2, 0.25) is 0 Å². The summed E-state index contributed by atoms with van der Waals surface area (Å²) in [5.41, 5.74) is 0.318. The number of thioether (sulfide) groups is 1. The van der Waals surface area contributed by atoms with Gasteiger partial charge in [0.25, 0.3) is 0 Å². The first-order valence-electron chi connectivity index (χ1n) is 8.67. The minimum absolute atomic E-state index is 0.318. The van der Waals surface area contributed by atoms with Gasteiger partial charge in [-0.15, -0.1) is 0 Å². The van der Waals surface area contributed by atoms with E-state index in [2.05, 4.69) is 13.5 Å². The van der Waals surface area contributed by atoms with Crippen molar-refractivity contribution < 1.29 is 9.90 Å². The molecule has 0 aromatic heterocycles. The van der Waals surface area contributed by atoms with Crippen molar-refractivity contribution in [1.82, 2.24) is 0 Å². The molecular weight excluding hydrogens is 280 g/mol. The van der Waals surface area contributed by atoms with Gasteiger partial charge in [-0.3, -0.25) is 0 Å². The lowest BCUT2D eigenvalue weighted by Crippen LogP contribution is -2.01. The maximum Gasteiger partial charge on any atom is 0.331 e. The highest BCUT2D eigenvalue weighted by Crippen LogP contribution is 2.14. The van der Waals surface area contributed by atoms with Gasteiger partial charge >= 0.3 is 5.97 Å². The zero-order valence-corrected chi connectivity index (χ0v) is 14.7.